The highest BCUT2D eigenvalue weighted by Gasteiger charge is 2.40. The molecule has 17 heavy (non-hydrogen) atoms. The molecule has 0 aromatic rings. The van der Waals surface area contributed by atoms with Crippen LogP contribution >= 0.6 is 0 Å². The molecule has 2 rings (SSSR count). The van der Waals surface area contributed by atoms with E-state index >= 15 is 0 Å². The van der Waals surface area contributed by atoms with Gasteiger partial charge in [0.25, 0.3) is 0 Å². The Morgan fingerprint density at radius 3 is 2.65 bits per heavy atom. The lowest BCUT2D eigenvalue weighted by atomic mass is 9.86. The van der Waals surface area contributed by atoms with Crippen LogP contribution in [0.1, 0.15) is 52.4 Å². The molecule has 2 aliphatic rings. The van der Waals surface area contributed by atoms with Crippen LogP contribution < -0.4 is 11.1 Å². The second kappa shape index (κ2) is 4.97. The summed E-state index contributed by atoms with van der Waals surface area (Å²) in [6, 6.07) is 0. The van der Waals surface area contributed by atoms with Crippen LogP contribution in [0, 0.1) is 17.8 Å². The number of nitrogens with two attached hydrogens (primary N) is 1. The standard InChI is InChI=1S/C14H26N2O/c1-14(2,5-6-15)16-13(17)9-12-8-10-3-4-11(12)7-10/h10-12H,3-9,15H2,1-2H3,(H,16,17). The Morgan fingerprint density at radius 1 is 1.35 bits per heavy atom. The second-order valence-electron chi connectivity index (χ2n) is 6.61. The minimum Gasteiger partial charge on any atom is -0.351 e. The molecule has 0 saturated heterocycles. The van der Waals surface area contributed by atoms with Gasteiger partial charge >= 0.3 is 0 Å². The number of nitrogens with one attached hydrogen (secondary N) is 1. The van der Waals surface area contributed by atoms with Crippen molar-refractivity contribution in [3.8, 4) is 0 Å². The molecule has 0 spiro atoms. The smallest absolute Gasteiger partial charge is 0.220 e. The monoisotopic (exact) mass is 238 g/mol. The van der Waals surface area contributed by atoms with Crippen molar-refractivity contribution in [2.45, 2.75) is 57.9 Å². The SMILES string of the molecule is CC(C)(CCN)NC(=O)CC1CC2CCC1C2. The second-order valence-corrected chi connectivity index (χ2v) is 6.61. The minimum atomic E-state index is -0.149. The Labute approximate surface area is 105 Å². The molecule has 3 N–H and O–H groups in total. The number of carbonyl (C=O) groups excluding carboxylic acids is 1. The van der Waals surface area contributed by atoms with Gasteiger partial charge in [-0.05, 0) is 63.8 Å². The van der Waals surface area contributed by atoms with Crippen molar-refractivity contribution in [1.29, 1.82) is 0 Å². The molecule has 1 amide bonds. The van der Waals surface area contributed by atoms with E-state index in [1.807, 2.05) is 0 Å². The Morgan fingerprint density at radius 2 is 2.12 bits per heavy atom. The van der Waals surface area contributed by atoms with Gasteiger partial charge in [-0.2, -0.15) is 0 Å². The largest absolute Gasteiger partial charge is 0.351 e. The zero-order chi connectivity index (χ0) is 12.5. The van der Waals surface area contributed by atoms with Crippen molar-refractivity contribution < 1.29 is 4.79 Å². The molecule has 3 heteroatoms. The number of hydrogen-bond donors (Lipinski definition) is 2. The first-order chi connectivity index (χ1) is 8.00. The third-order valence-corrected chi connectivity index (χ3v) is 4.58. The summed E-state index contributed by atoms with van der Waals surface area (Å²) in [6.07, 6.45) is 7.00. The molecule has 3 nitrogen and oxygen atoms in total. The first kappa shape index (κ1) is 12.9. The summed E-state index contributed by atoms with van der Waals surface area (Å²) in [5, 5.41) is 3.12. The Kier molecular flexibility index (Phi) is 3.76. The van der Waals surface area contributed by atoms with Crippen LogP contribution in [0.3, 0.4) is 0 Å². The van der Waals surface area contributed by atoms with Gasteiger partial charge in [0.15, 0.2) is 0 Å². The summed E-state index contributed by atoms with van der Waals surface area (Å²) in [5.41, 5.74) is 5.40. The fraction of sp³-hybridized carbons (Fsp3) is 0.929. The third-order valence-electron chi connectivity index (χ3n) is 4.58. The lowest BCUT2D eigenvalue weighted by Gasteiger charge is -2.28. The maximum absolute atomic E-state index is 12.0. The number of fused-ring (bicyclic) bond motifs is 2. The van der Waals surface area contributed by atoms with E-state index in [2.05, 4.69) is 19.2 Å². The number of hydrogen-bond acceptors (Lipinski definition) is 2. The highest BCUT2D eigenvalue weighted by Crippen LogP contribution is 2.49. The molecule has 0 aromatic carbocycles. The van der Waals surface area contributed by atoms with E-state index in [1.54, 1.807) is 0 Å². The van der Waals surface area contributed by atoms with Gasteiger partial charge < -0.3 is 11.1 Å². The Hall–Kier alpha value is -0.570. The van der Waals surface area contributed by atoms with Gasteiger partial charge in [0.05, 0.1) is 0 Å². The van der Waals surface area contributed by atoms with Crippen molar-refractivity contribution in [3.05, 3.63) is 0 Å². The van der Waals surface area contributed by atoms with Crippen LogP contribution in [-0.2, 0) is 4.79 Å². The van der Waals surface area contributed by atoms with E-state index in [0.717, 1.165) is 24.7 Å². The Balaban J connectivity index is 1.78. The Bertz CT molecular complexity index is 288. The average molecular weight is 238 g/mol. The van der Waals surface area contributed by atoms with Crippen LogP contribution in [0.4, 0.5) is 0 Å². The zero-order valence-electron chi connectivity index (χ0n) is 11.2. The molecule has 0 aliphatic heterocycles. The fourth-order valence-electron chi connectivity index (χ4n) is 3.72. The summed E-state index contributed by atoms with van der Waals surface area (Å²) in [7, 11) is 0. The molecule has 0 radical (unpaired) electrons. The van der Waals surface area contributed by atoms with Crippen LogP contribution in [-0.4, -0.2) is 18.0 Å². The predicted octanol–water partition coefficient (Wildman–Crippen LogP) is 2.06. The molecule has 2 saturated carbocycles. The van der Waals surface area contributed by atoms with Gasteiger partial charge in [-0.3, -0.25) is 4.79 Å². The summed E-state index contributed by atoms with van der Waals surface area (Å²) in [4.78, 5) is 12.0. The molecule has 2 fully saturated rings. The molecular weight excluding hydrogens is 212 g/mol. The molecule has 3 atom stereocenters. The van der Waals surface area contributed by atoms with Gasteiger partial charge in [-0.25, -0.2) is 0 Å². The molecule has 3 unspecified atom stereocenters. The highest BCUT2D eigenvalue weighted by atomic mass is 16.1. The van der Waals surface area contributed by atoms with E-state index in [4.69, 9.17) is 5.73 Å². The van der Waals surface area contributed by atoms with Crippen molar-refractivity contribution >= 4 is 5.91 Å². The van der Waals surface area contributed by atoms with Crippen molar-refractivity contribution in [2.24, 2.45) is 23.5 Å². The number of rotatable bonds is 5. The topological polar surface area (TPSA) is 55.1 Å². The highest BCUT2D eigenvalue weighted by molar-refractivity contribution is 5.77. The van der Waals surface area contributed by atoms with Crippen molar-refractivity contribution in [2.75, 3.05) is 6.54 Å². The maximum Gasteiger partial charge on any atom is 0.220 e. The lowest BCUT2D eigenvalue weighted by molar-refractivity contribution is -0.124. The van der Waals surface area contributed by atoms with E-state index < -0.39 is 0 Å². The average Bonchev–Trinajstić information content (AvgIpc) is 2.77. The third kappa shape index (κ3) is 3.21. The molecular formula is C14H26N2O. The minimum absolute atomic E-state index is 0.149. The lowest BCUT2D eigenvalue weighted by Crippen LogP contribution is -2.45. The number of carbonyl (C=O) groups is 1. The van der Waals surface area contributed by atoms with Gasteiger partial charge in [0.2, 0.25) is 5.91 Å². The molecule has 0 heterocycles. The van der Waals surface area contributed by atoms with E-state index in [-0.39, 0.29) is 11.4 Å². The molecule has 98 valence electrons. The van der Waals surface area contributed by atoms with Gasteiger partial charge in [0.1, 0.15) is 0 Å². The van der Waals surface area contributed by atoms with Crippen LogP contribution in [0.2, 0.25) is 0 Å². The van der Waals surface area contributed by atoms with Crippen molar-refractivity contribution in [3.63, 3.8) is 0 Å². The first-order valence-electron chi connectivity index (χ1n) is 7.01. The van der Waals surface area contributed by atoms with E-state index in [1.165, 1.54) is 25.7 Å². The predicted molar refractivity (Wildman–Crippen MR) is 69.4 cm³/mol. The van der Waals surface area contributed by atoms with Crippen molar-refractivity contribution in [1.82, 2.24) is 5.32 Å². The molecule has 2 aliphatic carbocycles. The molecule has 2 bridgehead atoms. The maximum atomic E-state index is 12.0. The zero-order valence-corrected chi connectivity index (χ0v) is 11.2. The van der Waals surface area contributed by atoms with Gasteiger partial charge in [-0.15, -0.1) is 0 Å². The van der Waals surface area contributed by atoms with Crippen LogP contribution in [0.15, 0.2) is 0 Å². The summed E-state index contributed by atoms with van der Waals surface area (Å²) >= 11 is 0. The van der Waals surface area contributed by atoms with Crippen LogP contribution in [0.25, 0.3) is 0 Å². The summed E-state index contributed by atoms with van der Waals surface area (Å²) < 4.78 is 0. The van der Waals surface area contributed by atoms with E-state index in [0.29, 0.717) is 12.5 Å². The quantitative estimate of drug-likeness (QED) is 0.770. The molecule has 0 aromatic heterocycles. The first-order valence-corrected chi connectivity index (χ1v) is 7.01. The fourth-order valence-corrected chi connectivity index (χ4v) is 3.72. The normalized spacial score (nSPS) is 31.8. The summed E-state index contributed by atoms with van der Waals surface area (Å²) in [5.74, 6) is 2.64. The van der Waals surface area contributed by atoms with Gasteiger partial charge in [-0.1, -0.05) is 6.42 Å². The van der Waals surface area contributed by atoms with Gasteiger partial charge in [0, 0.05) is 12.0 Å². The summed E-state index contributed by atoms with van der Waals surface area (Å²) in [6.45, 7) is 4.73. The van der Waals surface area contributed by atoms with E-state index in [9.17, 15) is 4.79 Å². The number of amides is 1. The van der Waals surface area contributed by atoms with Crippen LogP contribution in [0.5, 0.6) is 0 Å².